The molecular formula is C14H15ClOS. The summed E-state index contributed by atoms with van der Waals surface area (Å²) in [7, 11) is 1.69. The Morgan fingerprint density at radius 1 is 1.24 bits per heavy atom. The SMILES string of the molecule is COc1ccccc1CC(Cl)c1ccc(C)s1. The average molecular weight is 267 g/mol. The van der Waals surface area contributed by atoms with Crippen LogP contribution in [0.5, 0.6) is 5.75 Å². The highest BCUT2D eigenvalue weighted by molar-refractivity contribution is 7.12. The van der Waals surface area contributed by atoms with Crippen molar-refractivity contribution in [2.75, 3.05) is 7.11 Å². The zero-order valence-electron chi connectivity index (χ0n) is 9.94. The van der Waals surface area contributed by atoms with E-state index in [-0.39, 0.29) is 5.38 Å². The summed E-state index contributed by atoms with van der Waals surface area (Å²) < 4.78 is 5.33. The highest BCUT2D eigenvalue weighted by atomic mass is 35.5. The van der Waals surface area contributed by atoms with Crippen molar-refractivity contribution in [1.82, 2.24) is 0 Å². The van der Waals surface area contributed by atoms with Gasteiger partial charge in [-0.25, -0.2) is 0 Å². The molecule has 1 heterocycles. The third-order valence-corrected chi connectivity index (χ3v) is 4.29. The number of para-hydroxylation sites is 1. The molecule has 1 aromatic heterocycles. The minimum atomic E-state index is 0.0185. The second-order valence-electron chi connectivity index (χ2n) is 3.93. The molecule has 0 spiro atoms. The van der Waals surface area contributed by atoms with Gasteiger partial charge in [-0.15, -0.1) is 22.9 Å². The first-order valence-corrected chi connectivity index (χ1v) is 6.78. The number of halogens is 1. The van der Waals surface area contributed by atoms with Crippen molar-refractivity contribution in [1.29, 1.82) is 0 Å². The van der Waals surface area contributed by atoms with Crippen LogP contribution in [0.25, 0.3) is 0 Å². The standard InChI is InChI=1S/C14H15ClOS/c1-10-7-8-14(17-10)12(15)9-11-5-3-4-6-13(11)16-2/h3-8,12H,9H2,1-2H3. The van der Waals surface area contributed by atoms with Crippen molar-refractivity contribution < 1.29 is 4.74 Å². The second kappa shape index (κ2) is 5.56. The van der Waals surface area contributed by atoms with Gasteiger partial charge in [0.15, 0.2) is 0 Å². The number of ether oxygens (including phenoxy) is 1. The van der Waals surface area contributed by atoms with Gasteiger partial charge in [-0.1, -0.05) is 18.2 Å². The second-order valence-corrected chi connectivity index (χ2v) is 5.78. The van der Waals surface area contributed by atoms with E-state index in [1.807, 2.05) is 18.2 Å². The van der Waals surface area contributed by atoms with Crippen molar-refractivity contribution in [2.45, 2.75) is 18.7 Å². The molecule has 0 saturated carbocycles. The average Bonchev–Trinajstić information content (AvgIpc) is 2.77. The molecule has 0 aliphatic carbocycles. The highest BCUT2D eigenvalue weighted by Gasteiger charge is 2.13. The number of hydrogen-bond donors (Lipinski definition) is 0. The molecule has 0 aliphatic rings. The summed E-state index contributed by atoms with van der Waals surface area (Å²) in [6.45, 7) is 2.10. The third kappa shape index (κ3) is 3.02. The molecule has 2 rings (SSSR count). The van der Waals surface area contributed by atoms with E-state index in [1.165, 1.54) is 9.75 Å². The van der Waals surface area contributed by atoms with Crippen molar-refractivity contribution >= 4 is 22.9 Å². The predicted molar refractivity (Wildman–Crippen MR) is 74.3 cm³/mol. The van der Waals surface area contributed by atoms with Gasteiger partial charge in [-0.2, -0.15) is 0 Å². The lowest BCUT2D eigenvalue weighted by Crippen LogP contribution is -1.96. The zero-order valence-corrected chi connectivity index (χ0v) is 11.5. The molecule has 1 atom stereocenters. The first-order valence-electron chi connectivity index (χ1n) is 5.53. The molecule has 0 N–H and O–H groups in total. The molecule has 1 aromatic carbocycles. The molecule has 3 heteroatoms. The van der Waals surface area contributed by atoms with Crippen molar-refractivity contribution in [3.05, 3.63) is 51.7 Å². The maximum atomic E-state index is 6.44. The number of rotatable bonds is 4. The molecule has 0 saturated heterocycles. The quantitative estimate of drug-likeness (QED) is 0.736. The number of hydrogen-bond acceptors (Lipinski definition) is 2. The molecule has 0 bridgehead atoms. The number of methoxy groups -OCH3 is 1. The van der Waals surface area contributed by atoms with Crippen LogP contribution in [0.4, 0.5) is 0 Å². The molecule has 0 amide bonds. The summed E-state index contributed by atoms with van der Waals surface area (Å²) in [5, 5.41) is 0.0185. The Kier molecular flexibility index (Phi) is 4.08. The summed E-state index contributed by atoms with van der Waals surface area (Å²) in [5.74, 6) is 0.909. The van der Waals surface area contributed by atoms with Gasteiger partial charge in [0.05, 0.1) is 12.5 Å². The lowest BCUT2D eigenvalue weighted by Gasteiger charge is -2.11. The summed E-state index contributed by atoms with van der Waals surface area (Å²) in [5.41, 5.74) is 1.15. The van der Waals surface area contributed by atoms with Gasteiger partial charge in [0.25, 0.3) is 0 Å². The van der Waals surface area contributed by atoms with Crippen molar-refractivity contribution in [3.63, 3.8) is 0 Å². The van der Waals surface area contributed by atoms with Crippen LogP contribution >= 0.6 is 22.9 Å². The summed E-state index contributed by atoms with van der Waals surface area (Å²) in [4.78, 5) is 2.51. The lowest BCUT2D eigenvalue weighted by atomic mass is 10.1. The van der Waals surface area contributed by atoms with E-state index in [2.05, 4.69) is 25.1 Å². The monoisotopic (exact) mass is 266 g/mol. The molecule has 1 unspecified atom stereocenters. The van der Waals surface area contributed by atoms with Gasteiger partial charge < -0.3 is 4.74 Å². The Bertz CT molecular complexity index is 492. The van der Waals surface area contributed by atoms with Gasteiger partial charge in [-0.3, -0.25) is 0 Å². The third-order valence-electron chi connectivity index (χ3n) is 2.66. The van der Waals surface area contributed by atoms with E-state index >= 15 is 0 Å². The largest absolute Gasteiger partial charge is 0.496 e. The van der Waals surface area contributed by atoms with Crippen LogP contribution in [0.15, 0.2) is 36.4 Å². The van der Waals surface area contributed by atoms with E-state index in [0.29, 0.717) is 0 Å². The zero-order chi connectivity index (χ0) is 12.3. The maximum absolute atomic E-state index is 6.44. The normalized spacial score (nSPS) is 12.4. The summed E-state index contributed by atoms with van der Waals surface area (Å²) >= 11 is 8.19. The Morgan fingerprint density at radius 2 is 2.00 bits per heavy atom. The molecular weight excluding hydrogens is 252 g/mol. The van der Waals surface area contributed by atoms with Crippen LogP contribution in [0, 0.1) is 6.92 Å². The molecule has 2 aromatic rings. The smallest absolute Gasteiger partial charge is 0.122 e. The summed E-state index contributed by atoms with van der Waals surface area (Å²) in [6, 6.07) is 12.2. The summed E-state index contributed by atoms with van der Waals surface area (Å²) in [6.07, 6.45) is 0.797. The van der Waals surface area contributed by atoms with Gasteiger partial charge in [0.1, 0.15) is 5.75 Å². The van der Waals surface area contributed by atoms with E-state index in [4.69, 9.17) is 16.3 Å². The topological polar surface area (TPSA) is 9.23 Å². The molecule has 17 heavy (non-hydrogen) atoms. The van der Waals surface area contributed by atoms with Gasteiger partial charge in [0.2, 0.25) is 0 Å². The molecule has 0 aliphatic heterocycles. The predicted octanol–water partition coefficient (Wildman–Crippen LogP) is 4.59. The van der Waals surface area contributed by atoms with Gasteiger partial charge >= 0.3 is 0 Å². The fourth-order valence-electron chi connectivity index (χ4n) is 1.79. The van der Waals surface area contributed by atoms with E-state index in [1.54, 1.807) is 18.4 Å². The Hall–Kier alpha value is -0.990. The molecule has 90 valence electrons. The van der Waals surface area contributed by atoms with Crippen molar-refractivity contribution in [3.8, 4) is 5.75 Å². The lowest BCUT2D eigenvalue weighted by molar-refractivity contribution is 0.409. The van der Waals surface area contributed by atoms with Crippen LogP contribution in [-0.2, 0) is 6.42 Å². The molecule has 0 fully saturated rings. The fourth-order valence-corrected chi connectivity index (χ4v) is 3.01. The van der Waals surface area contributed by atoms with Gasteiger partial charge in [0, 0.05) is 9.75 Å². The number of thiophene rings is 1. The number of benzene rings is 1. The molecule has 0 radical (unpaired) electrons. The van der Waals surface area contributed by atoms with E-state index in [9.17, 15) is 0 Å². The minimum Gasteiger partial charge on any atom is -0.496 e. The number of aryl methyl sites for hydroxylation is 1. The van der Waals surface area contributed by atoms with Gasteiger partial charge in [-0.05, 0) is 37.1 Å². The maximum Gasteiger partial charge on any atom is 0.122 e. The Balaban J connectivity index is 2.15. The minimum absolute atomic E-state index is 0.0185. The Labute approximate surface area is 111 Å². The Morgan fingerprint density at radius 3 is 2.65 bits per heavy atom. The van der Waals surface area contributed by atoms with Crippen molar-refractivity contribution in [2.24, 2.45) is 0 Å². The number of alkyl halides is 1. The van der Waals surface area contributed by atoms with E-state index in [0.717, 1.165) is 17.7 Å². The van der Waals surface area contributed by atoms with Crippen LogP contribution in [0.1, 0.15) is 20.7 Å². The fraction of sp³-hybridized carbons (Fsp3) is 0.286. The highest BCUT2D eigenvalue weighted by Crippen LogP contribution is 2.32. The first-order chi connectivity index (χ1) is 8.20. The van der Waals surface area contributed by atoms with Crippen LogP contribution in [0.3, 0.4) is 0 Å². The van der Waals surface area contributed by atoms with Crippen LogP contribution in [-0.4, -0.2) is 7.11 Å². The van der Waals surface area contributed by atoms with Crippen LogP contribution < -0.4 is 4.74 Å². The van der Waals surface area contributed by atoms with Crippen LogP contribution in [0.2, 0.25) is 0 Å². The molecule has 1 nitrogen and oxygen atoms in total. The first kappa shape index (κ1) is 12.5. The van der Waals surface area contributed by atoms with E-state index < -0.39 is 0 Å².